The summed E-state index contributed by atoms with van der Waals surface area (Å²) < 4.78 is 0. The van der Waals surface area contributed by atoms with E-state index in [4.69, 9.17) is 6.42 Å². The summed E-state index contributed by atoms with van der Waals surface area (Å²) in [4.78, 5) is 18.2. The molecule has 1 amide bonds. The molecule has 15 heavy (non-hydrogen) atoms. The summed E-state index contributed by atoms with van der Waals surface area (Å²) >= 11 is 0. The number of hydrogen-bond donors (Lipinski definition) is 2. The Kier molecular flexibility index (Phi) is 5.02. The summed E-state index contributed by atoms with van der Waals surface area (Å²) in [6.07, 6.45) is 11.2. The van der Waals surface area contributed by atoms with Crippen LogP contribution in [-0.4, -0.2) is 22.4 Å². The van der Waals surface area contributed by atoms with Crippen LogP contribution in [0.5, 0.6) is 0 Å². The third-order valence-corrected chi connectivity index (χ3v) is 1.98. The number of H-pyrrole nitrogens is 1. The second-order valence-electron chi connectivity index (χ2n) is 3.22. The number of carbonyl (C=O) groups excluding carboxylic acids is 1. The van der Waals surface area contributed by atoms with Gasteiger partial charge in [0.2, 0.25) is 5.91 Å². The molecule has 0 saturated heterocycles. The van der Waals surface area contributed by atoms with E-state index in [-0.39, 0.29) is 5.91 Å². The highest BCUT2D eigenvalue weighted by Crippen LogP contribution is 1.94. The highest BCUT2D eigenvalue weighted by Gasteiger charge is 2.00. The number of rotatable bonds is 6. The van der Waals surface area contributed by atoms with E-state index in [2.05, 4.69) is 21.2 Å². The van der Waals surface area contributed by atoms with E-state index < -0.39 is 0 Å². The molecule has 4 heteroatoms. The van der Waals surface area contributed by atoms with Gasteiger partial charge in [-0.05, 0) is 6.42 Å². The lowest BCUT2D eigenvalue weighted by molar-refractivity contribution is -0.121. The van der Waals surface area contributed by atoms with Gasteiger partial charge in [-0.25, -0.2) is 4.98 Å². The lowest BCUT2D eigenvalue weighted by Gasteiger charge is -2.02. The van der Waals surface area contributed by atoms with E-state index in [0.717, 1.165) is 18.5 Å². The number of aromatic amines is 1. The maximum atomic E-state index is 11.2. The molecule has 4 nitrogen and oxygen atoms in total. The van der Waals surface area contributed by atoms with E-state index in [9.17, 15) is 4.79 Å². The largest absolute Gasteiger partial charge is 0.356 e. The average molecular weight is 205 g/mol. The molecule has 0 bridgehead atoms. The van der Waals surface area contributed by atoms with Crippen LogP contribution in [-0.2, 0) is 11.2 Å². The smallest absolute Gasteiger partial charge is 0.220 e. The Hall–Kier alpha value is -1.76. The minimum atomic E-state index is 0.0563. The minimum Gasteiger partial charge on any atom is -0.356 e. The number of terminal acetylenes is 1. The molecule has 0 aliphatic rings. The molecule has 1 rings (SSSR count). The molecule has 0 unspecified atom stereocenters. The Bertz CT molecular complexity index is 324. The molecule has 0 aliphatic heterocycles. The molecule has 1 heterocycles. The second kappa shape index (κ2) is 6.66. The molecule has 2 N–H and O–H groups in total. The number of carbonyl (C=O) groups is 1. The summed E-state index contributed by atoms with van der Waals surface area (Å²) in [6.45, 7) is 0.625. The Morgan fingerprint density at radius 3 is 3.20 bits per heavy atom. The van der Waals surface area contributed by atoms with Crippen molar-refractivity contribution < 1.29 is 4.79 Å². The molecule has 0 aliphatic carbocycles. The first-order chi connectivity index (χ1) is 7.33. The summed E-state index contributed by atoms with van der Waals surface area (Å²) in [5.41, 5.74) is 0.957. The van der Waals surface area contributed by atoms with Gasteiger partial charge < -0.3 is 10.3 Å². The molecule has 0 saturated carbocycles. The van der Waals surface area contributed by atoms with Gasteiger partial charge in [-0.1, -0.05) is 0 Å². The van der Waals surface area contributed by atoms with Crippen LogP contribution in [0.15, 0.2) is 12.5 Å². The average Bonchev–Trinajstić information content (AvgIpc) is 2.71. The number of unbranched alkanes of at least 4 members (excludes halogenated alkanes) is 1. The molecule has 80 valence electrons. The number of nitrogens with one attached hydrogen (secondary N) is 2. The van der Waals surface area contributed by atoms with Crippen molar-refractivity contribution in [2.45, 2.75) is 25.7 Å². The second-order valence-corrected chi connectivity index (χ2v) is 3.22. The van der Waals surface area contributed by atoms with E-state index in [1.54, 1.807) is 6.33 Å². The van der Waals surface area contributed by atoms with E-state index in [1.807, 2.05) is 6.20 Å². The normalized spacial score (nSPS) is 9.53. The maximum absolute atomic E-state index is 11.2. The number of amides is 1. The highest BCUT2D eigenvalue weighted by atomic mass is 16.1. The third-order valence-electron chi connectivity index (χ3n) is 1.98. The van der Waals surface area contributed by atoms with Crippen LogP contribution >= 0.6 is 0 Å². The lowest BCUT2D eigenvalue weighted by atomic mass is 10.2. The molecule has 0 atom stereocenters. The van der Waals surface area contributed by atoms with Crippen LogP contribution in [0.3, 0.4) is 0 Å². The van der Waals surface area contributed by atoms with Crippen LogP contribution in [0.2, 0.25) is 0 Å². The Morgan fingerprint density at radius 2 is 2.53 bits per heavy atom. The van der Waals surface area contributed by atoms with Gasteiger partial charge in [-0.15, -0.1) is 12.3 Å². The predicted molar refractivity (Wildman–Crippen MR) is 58.0 cm³/mol. The third kappa shape index (κ3) is 4.87. The number of hydrogen-bond acceptors (Lipinski definition) is 2. The zero-order chi connectivity index (χ0) is 10.9. The zero-order valence-corrected chi connectivity index (χ0v) is 8.62. The summed E-state index contributed by atoms with van der Waals surface area (Å²) in [7, 11) is 0. The lowest BCUT2D eigenvalue weighted by Crippen LogP contribution is -2.25. The van der Waals surface area contributed by atoms with Crippen molar-refractivity contribution in [1.82, 2.24) is 15.3 Å². The molecule has 1 aromatic heterocycles. The molecular weight excluding hydrogens is 190 g/mol. The molecule has 0 radical (unpaired) electrons. The predicted octanol–water partition coefficient (Wildman–Crippen LogP) is 0.872. The van der Waals surface area contributed by atoms with Crippen LogP contribution in [0.25, 0.3) is 0 Å². The number of aromatic nitrogens is 2. The number of imidazole rings is 1. The van der Waals surface area contributed by atoms with Gasteiger partial charge in [-0.3, -0.25) is 4.79 Å². The van der Waals surface area contributed by atoms with Crippen molar-refractivity contribution in [3.63, 3.8) is 0 Å². The van der Waals surface area contributed by atoms with Crippen molar-refractivity contribution in [2.75, 3.05) is 6.54 Å². The highest BCUT2D eigenvalue weighted by molar-refractivity contribution is 5.75. The zero-order valence-electron chi connectivity index (χ0n) is 8.62. The summed E-state index contributed by atoms with van der Waals surface area (Å²) in [5, 5.41) is 2.82. The Balaban J connectivity index is 2.05. The first-order valence-corrected chi connectivity index (χ1v) is 5.00. The fourth-order valence-electron chi connectivity index (χ4n) is 1.20. The molecule has 0 fully saturated rings. The quantitative estimate of drug-likeness (QED) is 0.535. The monoisotopic (exact) mass is 205 g/mol. The Morgan fingerprint density at radius 1 is 1.67 bits per heavy atom. The molecule has 1 aromatic rings. The fraction of sp³-hybridized carbons (Fsp3) is 0.455. The van der Waals surface area contributed by atoms with Crippen molar-refractivity contribution in [1.29, 1.82) is 0 Å². The number of nitrogens with zero attached hydrogens (tertiary/aromatic N) is 1. The van der Waals surface area contributed by atoms with Crippen molar-refractivity contribution >= 4 is 5.91 Å². The molecule has 0 aromatic carbocycles. The van der Waals surface area contributed by atoms with Crippen LogP contribution in [0.4, 0.5) is 0 Å². The van der Waals surface area contributed by atoms with Crippen LogP contribution in [0.1, 0.15) is 25.0 Å². The van der Waals surface area contributed by atoms with Crippen molar-refractivity contribution in [2.24, 2.45) is 0 Å². The van der Waals surface area contributed by atoms with Gasteiger partial charge >= 0.3 is 0 Å². The SMILES string of the molecule is C#CCCCC(=O)NCCc1c[nH]cn1. The van der Waals surface area contributed by atoms with Gasteiger partial charge in [0.25, 0.3) is 0 Å². The minimum absolute atomic E-state index is 0.0563. The van der Waals surface area contributed by atoms with Crippen molar-refractivity contribution in [3.05, 3.63) is 18.2 Å². The maximum Gasteiger partial charge on any atom is 0.220 e. The molecular formula is C11H15N3O. The van der Waals surface area contributed by atoms with Gasteiger partial charge in [0.1, 0.15) is 0 Å². The van der Waals surface area contributed by atoms with Crippen LogP contribution < -0.4 is 5.32 Å². The van der Waals surface area contributed by atoms with Crippen LogP contribution in [0, 0.1) is 12.3 Å². The Labute approximate surface area is 89.5 Å². The standard InChI is InChI=1S/C11H15N3O/c1-2-3-4-5-11(15)13-7-6-10-8-12-9-14-10/h1,8-9H,3-7H2,(H,12,14)(H,13,15). The summed E-state index contributed by atoms with van der Waals surface area (Å²) in [5.74, 6) is 2.56. The van der Waals surface area contributed by atoms with Gasteiger partial charge in [0.05, 0.1) is 12.0 Å². The topological polar surface area (TPSA) is 57.8 Å². The van der Waals surface area contributed by atoms with Gasteiger partial charge in [0.15, 0.2) is 0 Å². The van der Waals surface area contributed by atoms with E-state index >= 15 is 0 Å². The van der Waals surface area contributed by atoms with E-state index in [1.165, 1.54) is 0 Å². The first-order valence-electron chi connectivity index (χ1n) is 5.00. The van der Waals surface area contributed by atoms with E-state index in [0.29, 0.717) is 19.4 Å². The summed E-state index contributed by atoms with van der Waals surface area (Å²) in [6, 6.07) is 0. The van der Waals surface area contributed by atoms with Gasteiger partial charge in [0, 0.05) is 32.0 Å². The first kappa shape index (κ1) is 11.3. The fourth-order valence-corrected chi connectivity index (χ4v) is 1.20. The molecule has 0 spiro atoms. The van der Waals surface area contributed by atoms with Crippen molar-refractivity contribution in [3.8, 4) is 12.3 Å². The van der Waals surface area contributed by atoms with Gasteiger partial charge in [-0.2, -0.15) is 0 Å².